The first kappa shape index (κ1) is 20.8. The van der Waals surface area contributed by atoms with Gasteiger partial charge in [0.2, 0.25) is 0 Å². The van der Waals surface area contributed by atoms with Crippen LogP contribution in [0, 0.1) is 0 Å². The highest BCUT2D eigenvalue weighted by Crippen LogP contribution is 2.25. The van der Waals surface area contributed by atoms with Crippen molar-refractivity contribution < 1.29 is 35.8 Å². The zero-order valence-electron chi connectivity index (χ0n) is 11.7. The third-order valence-electron chi connectivity index (χ3n) is 2.16. The second-order valence-corrected chi connectivity index (χ2v) is 6.11. The molecule has 11 heteroatoms. The van der Waals surface area contributed by atoms with Gasteiger partial charge in [-0.15, -0.1) is 11.8 Å². The number of ether oxygens (including phenoxy) is 2. The molecule has 0 aromatic heterocycles. The van der Waals surface area contributed by atoms with Crippen molar-refractivity contribution in [1.82, 2.24) is 5.32 Å². The lowest BCUT2D eigenvalue weighted by Crippen LogP contribution is -2.46. The molecule has 0 amide bonds. The molecule has 0 aromatic carbocycles. The molecule has 0 aromatic rings. The summed E-state index contributed by atoms with van der Waals surface area (Å²) in [5, 5.41) is 2.40. The molecule has 3 N–H and O–H groups in total. The zero-order chi connectivity index (χ0) is 16.9. The van der Waals surface area contributed by atoms with Gasteiger partial charge < -0.3 is 9.47 Å². The number of halogens is 6. The minimum absolute atomic E-state index is 0.715. The fraction of sp³-hybridized carbons (Fsp3) is 1.00. The molecule has 128 valence electrons. The summed E-state index contributed by atoms with van der Waals surface area (Å²) in [4.78, 5) is -0.715. The minimum atomic E-state index is -4.30. The number of nitrogens with two attached hydrogens (primary N) is 1. The van der Waals surface area contributed by atoms with Crippen LogP contribution in [-0.4, -0.2) is 49.1 Å². The average molecular weight is 344 g/mol. The summed E-state index contributed by atoms with van der Waals surface area (Å²) in [5.41, 5.74) is 4.14. The van der Waals surface area contributed by atoms with Crippen LogP contribution in [0.25, 0.3) is 0 Å². The fourth-order valence-electron chi connectivity index (χ4n) is 0.872. The molecule has 0 aliphatic rings. The van der Waals surface area contributed by atoms with Crippen molar-refractivity contribution in [2.75, 3.05) is 26.0 Å². The van der Waals surface area contributed by atoms with Crippen LogP contribution in [0.3, 0.4) is 0 Å². The van der Waals surface area contributed by atoms with Crippen molar-refractivity contribution in [3.63, 3.8) is 0 Å². The van der Waals surface area contributed by atoms with Gasteiger partial charge in [-0.05, 0) is 20.1 Å². The first-order valence-electron chi connectivity index (χ1n) is 5.68. The Labute approximate surface area is 122 Å². The molecular weight excluding hydrogens is 326 g/mol. The predicted molar refractivity (Wildman–Crippen MR) is 66.5 cm³/mol. The van der Waals surface area contributed by atoms with Crippen LogP contribution in [0.5, 0.6) is 0 Å². The fourth-order valence-corrected chi connectivity index (χ4v) is 1.09. The smallest absolute Gasteiger partial charge is 0.311 e. The van der Waals surface area contributed by atoms with E-state index in [-0.39, 0.29) is 0 Å². The SMILES string of the molecule is CSC(C)(C)NCC(F)(F)OCC(F)(F)OCC(N)(F)F. The minimum Gasteiger partial charge on any atom is -0.311 e. The molecule has 0 fully saturated rings. The monoisotopic (exact) mass is 344 g/mol. The Morgan fingerprint density at radius 3 is 1.86 bits per heavy atom. The number of hydrogen-bond acceptors (Lipinski definition) is 5. The van der Waals surface area contributed by atoms with Crippen LogP contribution >= 0.6 is 11.8 Å². The zero-order valence-corrected chi connectivity index (χ0v) is 12.5. The Morgan fingerprint density at radius 2 is 1.43 bits per heavy atom. The Bertz CT molecular complexity index is 325. The van der Waals surface area contributed by atoms with E-state index >= 15 is 0 Å². The number of nitrogens with one attached hydrogen (secondary N) is 1. The summed E-state index contributed by atoms with van der Waals surface area (Å²) < 4.78 is 83.8. The molecule has 0 atom stereocenters. The van der Waals surface area contributed by atoms with E-state index in [1.54, 1.807) is 20.1 Å². The quantitative estimate of drug-likeness (QED) is 0.362. The molecule has 0 aliphatic carbocycles. The maximum Gasteiger partial charge on any atom is 0.379 e. The lowest BCUT2D eigenvalue weighted by molar-refractivity contribution is -0.331. The first-order chi connectivity index (χ1) is 9.18. The third kappa shape index (κ3) is 11.0. The van der Waals surface area contributed by atoms with Gasteiger partial charge in [0.25, 0.3) is 0 Å². The van der Waals surface area contributed by atoms with Gasteiger partial charge in [0.15, 0.2) is 0 Å². The number of thioether (sulfide) groups is 1. The summed E-state index contributed by atoms with van der Waals surface area (Å²) in [6.45, 7) is -1.50. The van der Waals surface area contributed by atoms with Gasteiger partial charge in [-0.3, -0.25) is 11.1 Å². The van der Waals surface area contributed by atoms with E-state index in [2.05, 4.69) is 20.5 Å². The van der Waals surface area contributed by atoms with Crippen LogP contribution < -0.4 is 11.1 Å². The average Bonchev–Trinajstić information content (AvgIpc) is 2.32. The van der Waals surface area contributed by atoms with E-state index < -0.39 is 42.9 Å². The Morgan fingerprint density at radius 1 is 0.952 bits per heavy atom. The standard InChI is InChI=1S/C10H18F6N2O2S/c1-7(2,21-3)18-4-9(13,14)20-6-10(15,16)19-5-8(11,12)17/h18H,4-6,17H2,1-3H3. The normalized spacial score (nSPS) is 14.6. The molecule has 0 heterocycles. The summed E-state index contributed by atoms with van der Waals surface area (Å²) in [7, 11) is 0. The van der Waals surface area contributed by atoms with E-state index in [9.17, 15) is 26.3 Å². The van der Waals surface area contributed by atoms with Gasteiger partial charge in [0.05, 0.1) is 11.4 Å². The number of rotatable bonds is 10. The van der Waals surface area contributed by atoms with Crippen LogP contribution in [0.1, 0.15) is 13.8 Å². The Hall–Kier alpha value is -0.230. The molecule has 0 radical (unpaired) electrons. The van der Waals surface area contributed by atoms with E-state index in [4.69, 9.17) is 0 Å². The second-order valence-electron chi connectivity index (χ2n) is 4.68. The molecule has 0 saturated carbocycles. The summed E-state index contributed by atoms with van der Waals surface area (Å²) in [6, 6.07) is -3.99. The van der Waals surface area contributed by atoms with Crippen LogP contribution in [0.4, 0.5) is 26.3 Å². The molecule has 0 spiro atoms. The summed E-state index contributed by atoms with van der Waals surface area (Å²) in [5.74, 6) is 0. The van der Waals surface area contributed by atoms with Crippen molar-refractivity contribution >= 4 is 11.8 Å². The van der Waals surface area contributed by atoms with Gasteiger partial charge in [0, 0.05) is 0 Å². The maximum atomic E-state index is 13.2. The molecule has 0 bridgehead atoms. The number of hydrogen-bond donors (Lipinski definition) is 2. The van der Waals surface area contributed by atoms with Crippen LogP contribution in [0.15, 0.2) is 0 Å². The van der Waals surface area contributed by atoms with E-state index in [1.165, 1.54) is 11.8 Å². The predicted octanol–water partition coefficient (Wildman–Crippen LogP) is 2.45. The van der Waals surface area contributed by atoms with Crippen molar-refractivity contribution in [1.29, 1.82) is 0 Å². The van der Waals surface area contributed by atoms with Gasteiger partial charge >= 0.3 is 18.3 Å². The van der Waals surface area contributed by atoms with Gasteiger partial charge in [-0.25, -0.2) is 0 Å². The van der Waals surface area contributed by atoms with Crippen molar-refractivity contribution in [3.8, 4) is 0 Å². The third-order valence-corrected chi connectivity index (χ3v) is 3.32. The molecule has 4 nitrogen and oxygen atoms in total. The second kappa shape index (κ2) is 7.36. The number of alkyl halides is 6. The van der Waals surface area contributed by atoms with E-state index in [0.717, 1.165) is 0 Å². The topological polar surface area (TPSA) is 56.5 Å². The summed E-state index contributed by atoms with van der Waals surface area (Å²) in [6.07, 6.45) is -6.55. The lowest BCUT2D eigenvalue weighted by Gasteiger charge is -2.28. The molecular formula is C10H18F6N2O2S. The van der Waals surface area contributed by atoms with Crippen molar-refractivity contribution in [3.05, 3.63) is 0 Å². The molecule has 0 aliphatic heterocycles. The van der Waals surface area contributed by atoms with E-state index in [0.29, 0.717) is 0 Å². The van der Waals surface area contributed by atoms with Gasteiger partial charge in [-0.1, -0.05) is 0 Å². The lowest BCUT2D eigenvalue weighted by atomic mass is 10.4. The van der Waals surface area contributed by atoms with E-state index in [1.807, 2.05) is 0 Å². The Balaban J connectivity index is 4.28. The molecule has 0 rings (SSSR count). The van der Waals surface area contributed by atoms with Crippen LogP contribution in [-0.2, 0) is 9.47 Å². The first-order valence-corrected chi connectivity index (χ1v) is 6.91. The highest BCUT2D eigenvalue weighted by molar-refractivity contribution is 7.99. The Kier molecular flexibility index (Phi) is 7.28. The maximum absolute atomic E-state index is 13.2. The van der Waals surface area contributed by atoms with Gasteiger partial charge in [-0.2, -0.15) is 26.3 Å². The molecule has 21 heavy (non-hydrogen) atoms. The van der Waals surface area contributed by atoms with Crippen LogP contribution in [0.2, 0.25) is 0 Å². The molecule has 0 unspecified atom stereocenters. The highest BCUT2D eigenvalue weighted by Gasteiger charge is 2.41. The van der Waals surface area contributed by atoms with Crippen molar-refractivity contribution in [2.45, 2.75) is 37.0 Å². The largest absolute Gasteiger partial charge is 0.379 e. The summed E-state index contributed by atoms with van der Waals surface area (Å²) >= 11 is 1.23. The molecule has 0 saturated heterocycles. The highest BCUT2D eigenvalue weighted by atomic mass is 32.2. The van der Waals surface area contributed by atoms with Crippen molar-refractivity contribution in [2.24, 2.45) is 5.73 Å². The van der Waals surface area contributed by atoms with Gasteiger partial charge in [0.1, 0.15) is 13.2 Å².